The van der Waals surface area contributed by atoms with E-state index in [1.54, 1.807) is 19.1 Å². The summed E-state index contributed by atoms with van der Waals surface area (Å²) in [4.78, 5) is 32.9. The number of nitrogens with zero attached hydrogens (tertiary/aromatic N) is 3. The number of likely N-dealkylation sites (tertiary alicyclic amines) is 1. The molecule has 1 saturated heterocycles. The summed E-state index contributed by atoms with van der Waals surface area (Å²) in [5.41, 5.74) is 1.85. The Labute approximate surface area is 149 Å². The number of nitrogens with one attached hydrogen (secondary N) is 1. The Morgan fingerprint density at radius 2 is 2.04 bits per heavy atom. The van der Waals surface area contributed by atoms with Gasteiger partial charge >= 0.3 is 6.09 Å². The SMILES string of the molecule is Cc1cc(-c2ccc(C(=O)N[C@@H]3CCN(C(=O)O)C3)c(F)c2)nc(C)n1. The summed E-state index contributed by atoms with van der Waals surface area (Å²) >= 11 is 0. The van der Waals surface area contributed by atoms with Crippen molar-refractivity contribution in [3.8, 4) is 11.3 Å². The summed E-state index contributed by atoms with van der Waals surface area (Å²) in [7, 11) is 0. The van der Waals surface area contributed by atoms with E-state index in [-0.39, 0.29) is 18.2 Å². The molecule has 2 amide bonds. The third kappa shape index (κ3) is 3.79. The molecule has 1 aliphatic rings. The zero-order chi connectivity index (χ0) is 18.8. The van der Waals surface area contributed by atoms with Crippen LogP contribution in [0.1, 0.15) is 28.3 Å². The molecule has 0 saturated carbocycles. The average Bonchev–Trinajstić information content (AvgIpc) is 3.02. The van der Waals surface area contributed by atoms with Crippen LogP contribution in [-0.4, -0.2) is 51.1 Å². The maximum atomic E-state index is 14.5. The minimum absolute atomic E-state index is 0.0787. The van der Waals surface area contributed by atoms with Gasteiger partial charge in [-0.25, -0.2) is 19.2 Å². The van der Waals surface area contributed by atoms with E-state index in [4.69, 9.17) is 5.11 Å². The van der Waals surface area contributed by atoms with E-state index in [1.165, 1.54) is 17.0 Å². The predicted octanol–water partition coefficient (Wildman–Crippen LogP) is 2.38. The number of carbonyl (C=O) groups is 2. The number of benzene rings is 1. The van der Waals surface area contributed by atoms with Gasteiger partial charge in [0.2, 0.25) is 0 Å². The molecule has 2 heterocycles. The number of carbonyl (C=O) groups excluding carboxylic acids is 1. The molecule has 3 rings (SSSR count). The Balaban J connectivity index is 1.75. The second-order valence-corrected chi connectivity index (χ2v) is 6.32. The first-order chi connectivity index (χ1) is 12.3. The van der Waals surface area contributed by atoms with E-state index < -0.39 is 17.8 Å². The van der Waals surface area contributed by atoms with Gasteiger partial charge in [-0.05, 0) is 38.5 Å². The first kappa shape index (κ1) is 17.8. The monoisotopic (exact) mass is 358 g/mol. The quantitative estimate of drug-likeness (QED) is 0.878. The van der Waals surface area contributed by atoms with Crippen molar-refractivity contribution in [3.05, 3.63) is 47.2 Å². The molecule has 7 nitrogen and oxygen atoms in total. The molecule has 1 aromatic carbocycles. The van der Waals surface area contributed by atoms with Crippen LogP contribution in [0.25, 0.3) is 11.3 Å². The van der Waals surface area contributed by atoms with Crippen molar-refractivity contribution in [1.82, 2.24) is 20.2 Å². The van der Waals surface area contributed by atoms with Crippen LogP contribution in [0.2, 0.25) is 0 Å². The molecule has 1 fully saturated rings. The number of hydrogen-bond donors (Lipinski definition) is 2. The summed E-state index contributed by atoms with van der Waals surface area (Å²) in [5.74, 6) is -0.616. The Bertz CT molecular complexity index is 851. The average molecular weight is 358 g/mol. The first-order valence-electron chi connectivity index (χ1n) is 8.24. The Hall–Kier alpha value is -3.03. The van der Waals surface area contributed by atoms with Crippen molar-refractivity contribution in [2.75, 3.05) is 13.1 Å². The fourth-order valence-electron chi connectivity index (χ4n) is 3.04. The molecule has 0 aliphatic carbocycles. The fraction of sp³-hybridized carbons (Fsp3) is 0.333. The molecular formula is C18H19FN4O3. The molecule has 26 heavy (non-hydrogen) atoms. The Morgan fingerprint density at radius 1 is 1.27 bits per heavy atom. The van der Waals surface area contributed by atoms with E-state index >= 15 is 0 Å². The van der Waals surface area contributed by atoms with Crippen LogP contribution in [0.15, 0.2) is 24.3 Å². The number of aromatic nitrogens is 2. The second-order valence-electron chi connectivity index (χ2n) is 6.32. The first-order valence-corrected chi connectivity index (χ1v) is 8.24. The molecule has 1 aliphatic heterocycles. The number of halogens is 1. The van der Waals surface area contributed by atoms with Crippen molar-refractivity contribution in [2.24, 2.45) is 0 Å². The highest BCUT2D eigenvalue weighted by atomic mass is 19.1. The maximum Gasteiger partial charge on any atom is 0.407 e. The lowest BCUT2D eigenvalue weighted by Crippen LogP contribution is -2.38. The number of amides is 2. The van der Waals surface area contributed by atoms with Crippen LogP contribution < -0.4 is 5.32 Å². The minimum atomic E-state index is -1.02. The summed E-state index contributed by atoms with van der Waals surface area (Å²) in [5, 5.41) is 11.6. The van der Waals surface area contributed by atoms with Crippen molar-refractivity contribution in [1.29, 1.82) is 0 Å². The third-order valence-corrected chi connectivity index (χ3v) is 4.27. The summed E-state index contributed by atoms with van der Waals surface area (Å²) in [6, 6.07) is 5.76. The maximum absolute atomic E-state index is 14.5. The second kappa shape index (κ2) is 7.07. The van der Waals surface area contributed by atoms with Gasteiger partial charge in [0, 0.05) is 30.4 Å². The van der Waals surface area contributed by atoms with E-state index in [2.05, 4.69) is 15.3 Å². The molecule has 1 atom stereocenters. The molecule has 0 radical (unpaired) electrons. The van der Waals surface area contributed by atoms with Crippen molar-refractivity contribution >= 4 is 12.0 Å². The lowest BCUT2D eigenvalue weighted by Gasteiger charge is -2.14. The van der Waals surface area contributed by atoms with Crippen LogP contribution in [0.5, 0.6) is 0 Å². The van der Waals surface area contributed by atoms with E-state index in [0.29, 0.717) is 30.0 Å². The van der Waals surface area contributed by atoms with Gasteiger partial charge in [-0.2, -0.15) is 0 Å². The molecule has 2 N–H and O–H groups in total. The number of hydrogen-bond acceptors (Lipinski definition) is 4. The lowest BCUT2D eigenvalue weighted by atomic mass is 10.1. The van der Waals surface area contributed by atoms with Gasteiger partial charge in [0.15, 0.2) is 0 Å². The molecule has 136 valence electrons. The topological polar surface area (TPSA) is 95.4 Å². The standard InChI is InChI=1S/C18H19FN4O3/c1-10-7-16(21-11(2)20-10)12-3-4-14(15(19)8-12)17(24)22-13-5-6-23(9-13)18(25)26/h3-4,7-8,13H,5-6,9H2,1-2H3,(H,22,24)(H,25,26)/t13-/m1/s1. The van der Waals surface area contributed by atoms with Crippen LogP contribution in [0.3, 0.4) is 0 Å². The molecule has 0 unspecified atom stereocenters. The zero-order valence-corrected chi connectivity index (χ0v) is 14.5. The molecule has 2 aromatic rings. The zero-order valence-electron chi connectivity index (χ0n) is 14.5. The number of rotatable bonds is 3. The van der Waals surface area contributed by atoms with E-state index in [0.717, 1.165) is 5.69 Å². The summed E-state index contributed by atoms with van der Waals surface area (Å²) in [6.07, 6.45) is -0.509. The van der Waals surface area contributed by atoms with Crippen molar-refractivity contribution < 1.29 is 19.1 Å². The molecular weight excluding hydrogens is 339 g/mol. The fourth-order valence-corrected chi connectivity index (χ4v) is 3.04. The smallest absolute Gasteiger partial charge is 0.407 e. The highest BCUT2D eigenvalue weighted by Gasteiger charge is 2.27. The number of aryl methyl sites for hydroxylation is 2. The van der Waals surface area contributed by atoms with Crippen molar-refractivity contribution in [2.45, 2.75) is 26.3 Å². The van der Waals surface area contributed by atoms with Gasteiger partial charge in [-0.3, -0.25) is 4.79 Å². The normalized spacial score (nSPS) is 16.6. The highest BCUT2D eigenvalue weighted by molar-refractivity contribution is 5.95. The van der Waals surface area contributed by atoms with Gasteiger partial charge in [0.05, 0.1) is 11.3 Å². The van der Waals surface area contributed by atoms with Crippen LogP contribution in [0.4, 0.5) is 9.18 Å². The van der Waals surface area contributed by atoms with Crippen LogP contribution in [0, 0.1) is 19.7 Å². The summed E-state index contributed by atoms with van der Waals surface area (Å²) in [6.45, 7) is 4.16. The summed E-state index contributed by atoms with van der Waals surface area (Å²) < 4.78 is 14.5. The minimum Gasteiger partial charge on any atom is -0.465 e. The Kier molecular flexibility index (Phi) is 4.83. The van der Waals surface area contributed by atoms with E-state index in [1.807, 2.05) is 6.92 Å². The van der Waals surface area contributed by atoms with Gasteiger partial charge in [0.1, 0.15) is 11.6 Å². The van der Waals surface area contributed by atoms with Crippen LogP contribution >= 0.6 is 0 Å². The predicted molar refractivity (Wildman–Crippen MR) is 92.4 cm³/mol. The molecule has 8 heteroatoms. The largest absolute Gasteiger partial charge is 0.465 e. The highest BCUT2D eigenvalue weighted by Crippen LogP contribution is 2.21. The molecule has 0 spiro atoms. The van der Waals surface area contributed by atoms with Gasteiger partial charge < -0.3 is 15.3 Å². The Morgan fingerprint density at radius 3 is 2.65 bits per heavy atom. The lowest BCUT2D eigenvalue weighted by molar-refractivity contribution is 0.0931. The van der Waals surface area contributed by atoms with E-state index in [9.17, 15) is 14.0 Å². The number of carboxylic acid groups (broad SMARTS) is 1. The van der Waals surface area contributed by atoms with Gasteiger partial charge in [-0.1, -0.05) is 6.07 Å². The molecule has 0 bridgehead atoms. The van der Waals surface area contributed by atoms with Gasteiger partial charge in [-0.15, -0.1) is 0 Å². The molecule has 1 aromatic heterocycles. The third-order valence-electron chi connectivity index (χ3n) is 4.27. The van der Waals surface area contributed by atoms with Crippen LogP contribution in [-0.2, 0) is 0 Å². The van der Waals surface area contributed by atoms with Gasteiger partial charge in [0.25, 0.3) is 5.91 Å². The van der Waals surface area contributed by atoms with Crippen molar-refractivity contribution in [3.63, 3.8) is 0 Å².